The monoisotopic (exact) mass is 894 g/mol. The van der Waals surface area contributed by atoms with E-state index < -0.39 is 5.41 Å². The molecule has 3 heteroatoms. The van der Waals surface area contributed by atoms with E-state index in [0.717, 1.165) is 63.7 Å². The lowest BCUT2D eigenvalue weighted by atomic mass is 9.65. The third-order valence-electron chi connectivity index (χ3n) is 15.0. The van der Waals surface area contributed by atoms with E-state index in [1.807, 2.05) is 0 Å². The topological polar surface area (TPSA) is 17.4 Å². The Balaban J connectivity index is 1.08. The predicted molar refractivity (Wildman–Crippen MR) is 290 cm³/mol. The van der Waals surface area contributed by atoms with Crippen molar-refractivity contribution in [3.05, 3.63) is 283 Å². The molecule has 0 bridgehead atoms. The van der Waals surface area contributed by atoms with Gasteiger partial charge in [-0.15, -0.1) is 0 Å². The number of ether oxygens (including phenoxy) is 1. The van der Waals surface area contributed by atoms with Crippen molar-refractivity contribution in [2.24, 2.45) is 0 Å². The zero-order valence-corrected chi connectivity index (χ0v) is 38.5. The Labute approximate surface area is 408 Å². The number of aromatic nitrogens is 1. The van der Waals surface area contributed by atoms with Gasteiger partial charge in [0.15, 0.2) is 0 Å². The van der Waals surface area contributed by atoms with E-state index in [4.69, 9.17) is 4.74 Å². The van der Waals surface area contributed by atoms with E-state index in [1.165, 1.54) is 71.9 Å². The highest BCUT2D eigenvalue weighted by molar-refractivity contribution is 6.15. The lowest BCUT2D eigenvalue weighted by molar-refractivity contribution is 0.435. The molecule has 0 amide bonds. The molecule has 0 atom stereocenters. The minimum absolute atomic E-state index is 0.590. The number of fused-ring (bicyclic) bond motifs is 11. The summed E-state index contributed by atoms with van der Waals surface area (Å²) in [5, 5.41) is 2.41. The molecule has 0 fully saturated rings. The Hall–Kier alpha value is -8.92. The zero-order valence-electron chi connectivity index (χ0n) is 38.5. The van der Waals surface area contributed by atoms with Crippen molar-refractivity contribution in [2.75, 3.05) is 4.90 Å². The Morgan fingerprint density at radius 1 is 0.429 bits per heavy atom. The van der Waals surface area contributed by atoms with Crippen molar-refractivity contribution in [3.8, 4) is 50.6 Å². The third-order valence-corrected chi connectivity index (χ3v) is 15.0. The second kappa shape index (κ2) is 16.1. The summed E-state index contributed by atoms with van der Waals surface area (Å²) in [5.74, 6) is 1.80. The van der Waals surface area contributed by atoms with Crippen LogP contribution in [-0.4, -0.2) is 4.57 Å². The number of allylic oxidation sites excluding steroid dienone is 4. The molecule has 1 aromatic heterocycles. The van der Waals surface area contributed by atoms with Crippen LogP contribution in [0.4, 0.5) is 17.1 Å². The molecule has 0 unspecified atom stereocenters. The van der Waals surface area contributed by atoms with Crippen LogP contribution in [0.5, 0.6) is 11.5 Å². The van der Waals surface area contributed by atoms with Crippen molar-refractivity contribution >= 4 is 44.4 Å². The highest BCUT2D eigenvalue weighted by atomic mass is 16.5. The summed E-state index contributed by atoms with van der Waals surface area (Å²) in [6, 6.07) is 88.8. The Bertz CT molecular complexity index is 3890. The Morgan fingerprint density at radius 2 is 1.00 bits per heavy atom. The average molecular weight is 895 g/mol. The van der Waals surface area contributed by atoms with Gasteiger partial charge in [-0.05, 0) is 118 Å². The quantitative estimate of drug-likeness (QED) is 0.159. The van der Waals surface area contributed by atoms with Crippen molar-refractivity contribution in [1.82, 2.24) is 4.57 Å². The van der Waals surface area contributed by atoms with Gasteiger partial charge in [0.05, 0.1) is 27.8 Å². The van der Waals surface area contributed by atoms with Gasteiger partial charge < -0.3 is 14.2 Å². The van der Waals surface area contributed by atoms with Crippen LogP contribution in [-0.2, 0) is 5.41 Å². The van der Waals surface area contributed by atoms with Gasteiger partial charge in [0, 0.05) is 38.8 Å². The summed E-state index contributed by atoms with van der Waals surface area (Å²) in [6.45, 7) is 0. The molecule has 3 nitrogen and oxygen atoms in total. The molecule has 11 aromatic rings. The molecule has 70 heavy (non-hydrogen) atoms. The number of anilines is 3. The molecular weight excluding hydrogens is 849 g/mol. The third kappa shape index (κ3) is 5.95. The molecule has 0 N–H and O–H groups in total. The van der Waals surface area contributed by atoms with Crippen LogP contribution in [0.1, 0.15) is 35.1 Å². The van der Waals surface area contributed by atoms with E-state index >= 15 is 0 Å². The lowest BCUT2D eigenvalue weighted by Gasteiger charge is -2.40. The van der Waals surface area contributed by atoms with Gasteiger partial charge in [-0.25, -0.2) is 0 Å². The molecule has 330 valence electrons. The standard InChI is InChI=1S/C67H46N2O/c1-3-22-45(23-4-1)48-26-7-8-27-49(48)50-28-9-10-29-51(50)54-31-12-17-37-61(54)68(63-39-21-33-56-55-32-13-18-38-62(55)69(66(56)63)46-24-5-2-6-25-46)47-42-43-53-52-30-11-14-34-57(52)67(60(53)44-47)58-35-15-19-40-64(58)70-65-41-20-16-36-59(65)67/h1-10,12-29,31-44H,11,30H2. The van der Waals surface area contributed by atoms with Gasteiger partial charge >= 0.3 is 0 Å². The van der Waals surface area contributed by atoms with Crippen LogP contribution in [0.15, 0.2) is 260 Å². The fourth-order valence-electron chi connectivity index (χ4n) is 12.1. The smallest absolute Gasteiger partial charge is 0.132 e. The number of nitrogens with zero attached hydrogens (tertiary/aromatic N) is 2. The van der Waals surface area contributed by atoms with Gasteiger partial charge in [-0.2, -0.15) is 0 Å². The molecule has 1 aliphatic heterocycles. The maximum Gasteiger partial charge on any atom is 0.132 e. The fraction of sp³-hybridized carbons (Fsp3) is 0.0448. The Morgan fingerprint density at radius 3 is 1.76 bits per heavy atom. The highest BCUT2D eigenvalue weighted by Gasteiger charge is 2.52. The first-order valence-electron chi connectivity index (χ1n) is 24.4. The van der Waals surface area contributed by atoms with E-state index in [9.17, 15) is 0 Å². The fourth-order valence-corrected chi connectivity index (χ4v) is 12.1. The maximum absolute atomic E-state index is 6.80. The van der Waals surface area contributed by atoms with Gasteiger partial charge in [-0.3, -0.25) is 0 Å². The van der Waals surface area contributed by atoms with E-state index in [1.54, 1.807) is 0 Å². The molecule has 10 aromatic carbocycles. The van der Waals surface area contributed by atoms with Gasteiger partial charge in [0.1, 0.15) is 11.5 Å². The molecule has 0 saturated heterocycles. The van der Waals surface area contributed by atoms with Gasteiger partial charge in [-0.1, -0.05) is 200 Å². The summed E-state index contributed by atoms with van der Waals surface area (Å²) in [6.07, 6.45) is 6.77. The van der Waals surface area contributed by atoms with Crippen LogP contribution in [0.3, 0.4) is 0 Å². The first kappa shape index (κ1) is 40.2. The number of benzene rings is 10. The molecular formula is C67H46N2O. The van der Waals surface area contributed by atoms with E-state index in [2.05, 4.69) is 264 Å². The van der Waals surface area contributed by atoms with Crippen LogP contribution < -0.4 is 9.64 Å². The van der Waals surface area contributed by atoms with Crippen molar-refractivity contribution in [2.45, 2.75) is 18.3 Å². The van der Waals surface area contributed by atoms with Crippen LogP contribution in [0.2, 0.25) is 0 Å². The van der Waals surface area contributed by atoms with Crippen molar-refractivity contribution in [3.63, 3.8) is 0 Å². The molecule has 2 heterocycles. The first-order chi connectivity index (χ1) is 34.8. The maximum atomic E-state index is 6.80. The SMILES string of the molecule is C1=CC2=C(CC1)c1ccc(N(c3ccccc3-c3ccccc3-c3ccccc3-c3ccccc3)c3cccc4c5ccccc5n(-c5ccccc5)c34)cc1C21c2ccccc2Oc2ccccc21. The Kier molecular flexibility index (Phi) is 9.25. The summed E-state index contributed by atoms with van der Waals surface area (Å²) in [4.78, 5) is 2.55. The second-order valence-corrected chi connectivity index (χ2v) is 18.6. The normalized spacial score (nSPS) is 14.0. The molecule has 2 aliphatic carbocycles. The van der Waals surface area contributed by atoms with Crippen LogP contribution in [0.25, 0.3) is 66.4 Å². The summed E-state index contributed by atoms with van der Waals surface area (Å²) in [7, 11) is 0. The van der Waals surface area contributed by atoms with Crippen LogP contribution in [0, 0.1) is 0 Å². The molecule has 0 saturated carbocycles. The minimum atomic E-state index is -0.590. The second-order valence-electron chi connectivity index (χ2n) is 18.6. The summed E-state index contributed by atoms with van der Waals surface area (Å²) < 4.78 is 9.26. The largest absolute Gasteiger partial charge is 0.457 e. The minimum Gasteiger partial charge on any atom is -0.457 e. The lowest BCUT2D eigenvalue weighted by Crippen LogP contribution is -2.33. The van der Waals surface area contributed by atoms with E-state index in [0.29, 0.717) is 0 Å². The highest BCUT2D eigenvalue weighted by Crippen LogP contribution is 2.63. The number of para-hydroxylation sites is 6. The molecule has 14 rings (SSSR count). The summed E-state index contributed by atoms with van der Waals surface area (Å²) in [5.41, 5.74) is 20.8. The number of rotatable bonds is 7. The first-order valence-corrected chi connectivity index (χ1v) is 24.4. The van der Waals surface area contributed by atoms with Crippen LogP contribution >= 0.6 is 0 Å². The van der Waals surface area contributed by atoms with Crippen molar-refractivity contribution in [1.29, 1.82) is 0 Å². The summed E-state index contributed by atoms with van der Waals surface area (Å²) >= 11 is 0. The number of hydrogen-bond acceptors (Lipinski definition) is 2. The number of hydrogen-bond donors (Lipinski definition) is 0. The van der Waals surface area contributed by atoms with E-state index in [-0.39, 0.29) is 0 Å². The molecule has 3 aliphatic rings. The predicted octanol–water partition coefficient (Wildman–Crippen LogP) is 17.8. The van der Waals surface area contributed by atoms with Gasteiger partial charge in [0.25, 0.3) is 0 Å². The van der Waals surface area contributed by atoms with Gasteiger partial charge in [0.2, 0.25) is 0 Å². The van der Waals surface area contributed by atoms with Crippen molar-refractivity contribution < 1.29 is 4.74 Å². The zero-order chi connectivity index (χ0) is 46.2. The average Bonchev–Trinajstić information content (AvgIpc) is 3.93. The molecule has 1 spiro atoms. The molecule has 0 radical (unpaired) electrons.